The molecule has 3 rings (SSSR count). The Bertz CT molecular complexity index is 873. The molecule has 6 nitrogen and oxygen atoms in total. The average molecular weight is 415 g/mol. The molecule has 29 heavy (non-hydrogen) atoms. The number of hydrogen-bond donors (Lipinski definition) is 2. The van der Waals surface area contributed by atoms with Crippen LogP contribution in [0, 0.1) is 0 Å². The highest BCUT2D eigenvalue weighted by molar-refractivity contribution is 6.30. The second-order valence-corrected chi connectivity index (χ2v) is 7.07. The van der Waals surface area contributed by atoms with Gasteiger partial charge < -0.3 is 20.1 Å². The topological polar surface area (TPSA) is 76.7 Å². The highest BCUT2D eigenvalue weighted by atomic mass is 35.5. The molecule has 7 heteroatoms. The molecule has 2 amide bonds. The fraction of sp³-hybridized carbons (Fsp3) is 0.273. The number of hydrogen-bond acceptors (Lipinski definition) is 4. The van der Waals surface area contributed by atoms with Gasteiger partial charge in [0.15, 0.2) is 0 Å². The van der Waals surface area contributed by atoms with Crippen molar-refractivity contribution in [2.45, 2.75) is 18.9 Å². The fourth-order valence-corrected chi connectivity index (χ4v) is 3.05. The Labute approximate surface area is 174 Å². The van der Waals surface area contributed by atoms with Crippen molar-refractivity contribution >= 4 is 29.5 Å². The number of nitrogens with one attached hydrogen (secondary N) is 2. The number of ether oxygens (including phenoxy) is 2. The van der Waals surface area contributed by atoms with Crippen LogP contribution in [0.25, 0.3) is 6.08 Å². The van der Waals surface area contributed by atoms with Crippen molar-refractivity contribution in [2.24, 2.45) is 0 Å². The van der Waals surface area contributed by atoms with Crippen LogP contribution in [-0.2, 0) is 9.53 Å². The Morgan fingerprint density at radius 2 is 1.90 bits per heavy atom. The molecule has 0 radical (unpaired) electrons. The minimum atomic E-state index is -0.389. The molecule has 1 fully saturated rings. The highest BCUT2D eigenvalue weighted by Gasteiger charge is 2.19. The van der Waals surface area contributed by atoms with Crippen LogP contribution >= 0.6 is 11.6 Å². The van der Waals surface area contributed by atoms with Crippen molar-refractivity contribution in [1.82, 2.24) is 10.6 Å². The van der Waals surface area contributed by atoms with Crippen molar-refractivity contribution in [3.63, 3.8) is 0 Å². The first-order valence-corrected chi connectivity index (χ1v) is 9.75. The SMILES string of the molecule is COc1ccc(C(=O)N/C(=C\c2ccc(Cl)cc2)C(=O)NCC2CCCO2)cc1. The van der Waals surface area contributed by atoms with E-state index < -0.39 is 0 Å². The maximum Gasteiger partial charge on any atom is 0.267 e. The summed E-state index contributed by atoms with van der Waals surface area (Å²) in [4.78, 5) is 25.4. The molecule has 0 saturated carbocycles. The minimum absolute atomic E-state index is 0.00743. The van der Waals surface area contributed by atoms with Crippen LogP contribution in [-0.4, -0.2) is 38.2 Å². The number of carbonyl (C=O) groups is 2. The van der Waals surface area contributed by atoms with Crippen LogP contribution in [0.5, 0.6) is 5.75 Å². The van der Waals surface area contributed by atoms with E-state index in [4.69, 9.17) is 21.1 Å². The number of methoxy groups -OCH3 is 1. The molecule has 1 aliphatic rings. The molecule has 1 atom stereocenters. The molecule has 0 bridgehead atoms. The van der Waals surface area contributed by atoms with Crippen LogP contribution in [0.1, 0.15) is 28.8 Å². The van der Waals surface area contributed by atoms with Crippen molar-refractivity contribution < 1.29 is 19.1 Å². The summed E-state index contributed by atoms with van der Waals surface area (Å²) in [5, 5.41) is 6.13. The van der Waals surface area contributed by atoms with Crippen LogP contribution < -0.4 is 15.4 Å². The lowest BCUT2D eigenvalue weighted by molar-refractivity contribution is -0.118. The Kier molecular flexibility index (Phi) is 7.27. The molecule has 152 valence electrons. The van der Waals surface area contributed by atoms with E-state index >= 15 is 0 Å². The van der Waals surface area contributed by atoms with Gasteiger partial charge in [-0.2, -0.15) is 0 Å². The van der Waals surface area contributed by atoms with Crippen LogP contribution in [0.3, 0.4) is 0 Å². The summed E-state index contributed by atoms with van der Waals surface area (Å²) >= 11 is 5.93. The first-order chi connectivity index (χ1) is 14.0. The molecule has 1 unspecified atom stereocenters. The molecule has 0 aromatic heterocycles. The summed E-state index contributed by atoms with van der Waals surface area (Å²) in [5.74, 6) is -0.120. The fourth-order valence-electron chi connectivity index (χ4n) is 2.93. The van der Waals surface area contributed by atoms with Gasteiger partial charge in [0.05, 0.1) is 13.2 Å². The Balaban J connectivity index is 1.75. The van der Waals surface area contributed by atoms with Gasteiger partial charge in [0.1, 0.15) is 11.4 Å². The van der Waals surface area contributed by atoms with E-state index in [1.54, 1.807) is 61.7 Å². The third-order valence-corrected chi connectivity index (χ3v) is 4.79. The van der Waals surface area contributed by atoms with Crippen LogP contribution in [0.2, 0.25) is 5.02 Å². The van der Waals surface area contributed by atoms with Gasteiger partial charge in [-0.1, -0.05) is 23.7 Å². The van der Waals surface area contributed by atoms with E-state index in [0.29, 0.717) is 29.5 Å². The second-order valence-electron chi connectivity index (χ2n) is 6.64. The third kappa shape index (κ3) is 6.07. The average Bonchev–Trinajstić information content (AvgIpc) is 3.26. The molecule has 1 saturated heterocycles. The van der Waals surface area contributed by atoms with Crippen molar-refractivity contribution in [1.29, 1.82) is 0 Å². The summed E-state index contributed by atoms with van der Waals surface area (Å²) in [6, 6.07) is 13.6. The molecule has 2 N–H and O–H groups in total. The lowest BCUT2D eigenvalue weighted by Crippen LogP contribution is -2.38. The van der Waals surface area contributed by atoms with E-state index in [2.05, 4.69) is 10.6 Å². The Hall–Kier alpha value is -2.83. The van der Waals surface area contributed by atoms with Gasteiger partial charge in [-0.15, -0.1) is 0 Å². The summed E-state index contributed by atoms with van der Waals surface area (Å²) < 4.78 is 10.6. The number of rotatable bonds is 7. The standard InChI is InChI=1S/C22H23ClN2O4/c1-28-18-10-6-16(7-11-18)21(26)25-20(13-15-4-8-17(23)9-5-15)22(27)24-14-19-3-2-12-29-19/h4-11,13,19H,2-3,12,14H2,1H3,(H,24,27)(H,25,26)/b20-13-. The van der Waals surface area contributed by atoms with Gasteiger partial charge in [-0.25, -0.2) is 0 Å². The number of benzene rings is 2. The van der Waals surface area contributed by atoms with Crippen LogP contribution in [0.4, 0.5) is 0 Å². The maximum absolute atomic E-state index is 12.7. The zero-order chi connectivity index (χ0) is 20.6. The second kappa shape index (κ2) is 10.1. The van der Waals surface area contributed by atoms with Crippen molar-refractivity contribution in [3.8, 4) is 5.75 Å². The molecule has 0 aliphatic carbocycles. The summed E-state index contributed by atoms with van der Waals surface area (Å²) in [6.45, 7) is 1.11. The third-order valence-electron chi connectivity index (χ3n) is 4.54. The normalized spacial score (nSPS) is 16.3. The first-order valence-electron chi connectivity index (χ1n) is 9.37. The molecule has 1 heterocycles. The number of carbonyl (C=O) groups excluding carboxylic acids is 2. The predicted molar refractivity (Wildman–Crippen MR) is 112 cm³/mol. The zero-order valence-corrected chi connectivity index (χ0v) is 16.9. The minimum Gasteiger partial charge on any atom is -0.497 e. The van der Waals surface area contributed by atoms with Gasteiger partial charge in [0.25, 0.3) is 11.8 Å². The summed E-state index contributed by atoms with van der Waals surface area (Å²) in [5.41, 5.74) is 1.30. The summed E-state index contributed by atoms with van der Waals surface area (Å²) in [6.07, 6.45) is 3.52. The van der Waals surface area contributed by atoms with Gasteiger partial charge in [0.2, 0.25) is 0 Å². The number of halogens is 1. The van der Waals surface area contributed by atoms with Gasteiger partial charge >= 0.3 is 0 Å². The molecular formula is C22H23ClN2O4. The molecule has 2 aromatic carbocycles. The Morgan fingerprint density at radius 3 is 2.52 bits per heavy atom. The molecule has 2 aromatic rings. The molecule has 1 aliphatic heterocycles. The van der Waals surface area contributed by atoms with E-state index in [9.17, 15) is 9.59 Å². The van der Waals surface area contributed by atoms with Gasteiger partial charge in [-0.3, -0.25) is 9.59 Å². The van der Waals surface area contributed by atoms with Gasteiger partial charge in [-0.05, 0) is 60.9 Å². The highest BCUT2D eigenvalue weighted by Crippen LogP contribution is 2.15. The lowest BCUT2D eigenvalue weighted by Gasteiger charge is -2.14. The quantitative estimate of drug-likeness (QED) is 0.681. The maximum atomic E-state index is 12.7. The smallest absolute Gasteiger partial charge is 0.267 e. The summed E-state index contributed by atoms with van der Waals surface area (Å²) in [7, 11) is 1.56. The monoisotopic (exact) mass is 414 g/mol. The number of amides is 2. The van der Waals surface area contributed by atoms with Crippen LogP contribution in [0.15, 0.2) is 54.2 Å². The first kappa shape index (κ1) is 20.9. The largest absolute Gasteiger partial charge is 0.497 e. The molecule has 0 spiro atoms. The van der Waals surface area contributed by atoms with Gasteiger partial charge in [0, 0.05) is 23.7 Å². The van der Waals surface area contributed by atoms with E-state index in [-0.39, 0.29) is 23.6 Å². The van der Waals surface area contributed by atoms with E-state index in [1.807, 2.05) is 0 Å². The zero-order valence-electron chi connectivity index (χ0n) is 16.1. The van der Waals surface area contributed by atoms with E-state index in [0.717, 1.165) is 18.4 Å². The molecular weight excluding hydrogens is 392 g/mol. The van der Waals surface area contributed by atoms with Crippen molar-refractivity contribution in [3.05, 3.63) is 70.4 Å². The predicted octanol–water partition coefficient (Wildman–Crippen LogP) is 3.41. The Morgan fingerprint density at radius 1 is 1.17 bits per heavy atom. The lowest BCUT2D eigenvalue weighted by atomic mass is 10.1. The van der Waals surface area contributed by atoms with Crippen molar-refractivity contribution in [2.75, 3.05) is 20.3 Å². The van der Waals surface area contributed by atoms with E-state index in [1.165, 1.54) is 0 Å².